The molecule has 2 unspecified atom stereocenters. The van der Waals surface area contributed by atoms with E-state index in [-0.39, 0.29) is 5.60 Å². The second-order valence-electron chi connectivity index (χ2n) is 5.00. The van der Waals surface area contributed by atoms with Crippen LogP contribution in [0.5, 0.6) is 0 Å². The molecule has 0 aromatic heterocycles. The maximum atomic E-state index is 9.62. The van der Waals surface area contributed by atoms with Crippen LogP contribution < -0.4 is 0 Å². The Hall–Kier alpha value is -0.0400. The zero-order valence-electron chi connectivity index (χ0n) is 8.05. The third-order valence-electron chi connectivity index (χ3n) is 3.72. The predicted octanol–water partition coefficient (Wildman–Crippen LogP) is 2.73. The smallest absolute Gasteiger partial charge is 0.0652 e. The molecule has 0 heterocycles. The average molecular weight is 168 g/mol. The van der Waals surface area contributed by atoms with Gasteiger partial charge in [0, 0.05) is 0 Å². The van der Waals surface area contributed by atoms with Crippen molar-refractivity contribution < 1.29 is 5.11 Å². The molecule has 0 radical (unpaired) electrons. The van der Waals surface area contributed by atoms with Crippen LogP contribution in [0, 0.1) is 11.8 Å². The van der Waals surface area contributed by atoms with Gasteiger partial charge in [-0.2, -0.15) is 0 Å². The zero-order valence-corrected chi connectivity index (χ0v) is 8.05. The van der Waals surface area contributed by atoms with Crippen LogP contribution in [0.4, 0.5) is 0 Å². The van der Waals surface area contributed by atoms with E-state index in [1.165, 1.54) is 38.5 Å². The second-order valence-corrected chi connectivity index (χ2v) is 5.00. The standard InChI is InChI=1S/C11H20O/c1-11(12)8-10(11)7-9-5-3-2-4-6-9/h9-10,12H,2-8H2,1H3. The first-order chi connectivity index (χ1) is 5.68. The largest absolute Gasteiger partial charge is 0.390 e. The number of aliphatic hydroxyl groups is 1. The lowest BCUT2D eigenvalue weighted by Gasteiger charge is -2.21. The lowest BCUT2D eigenvalue weighted by atomic mass is 9.85. The van der Waals surface area contributed by atoms with Gasteiger partial charge in [0.2, 0.25) is 0 Å². The minimum Gasteiger partial charge on any atom is -0.390 e. The molecule has 0 aromatic rings. The van der Waals surface area contributed by atoms with Gasteiger partial charge in [-0.1, -0.05) is 32.1 Å². The van der Waals surface area contributed by atoms with Crippen LogP contribution in [0.3, 0.4) is 0 Å². The fraction of sp³-hybridized carbons (Fsp3) is 1.00. The first-order valence-electron chi connectivity index (χ1n) is 5.41. The molecule has 1 heteroatoms. The van der Waals surface area contributed by atoms with Crippen molar-refractivity contribution in [3.05, 3.63) is 0 Å². The predicted molar refractivity (Wildman–Crippen MR) is 49.9 cm³/mol. The molecule has 2 aliphatic carbocycles. The average Bonchev–Trinajstić information content (AvgIpc) is 2.61. The van der Waals surface area contributed by atoms with E-state index in [4.69, 9.17) is 0 Å². The van der Waals surface area contributed by atoms with Crippen molar-refractivity contribution in [2.24, 2.45) is 11.8 Å². The van der Waals surface area contributed by atoms with E-state index >= 15 is 0 Å². The lowest BCUT2D eigenvalue weighted by molar-refractivity contribution is 0.142. The van der Waals surface area contributed by atoms with Gasteiger partial charge >= 0.3 is 0 Å². The molecular formula is C11H20O. The Balaban J connectivity index is 1.73. The quantitative estimate of drug-likeness (QED) is 0.672. The van der Waals surface area contributed by atoms with Gasteiger partial charge in [0.1, 0.15) is 0 Å². The molecule has 2 aliphatic rings. The van der Waals surface area contributed by atoms with E-state index in [0.717, 1.165) is 12.3 Å². The van der Waals surface area contributed by atoms with Crippen molar-refractivity contribution in [2.75, 3.05) is 0 Å². The van der Waals surface area contributed by atoms with Crippen LogP contribution in [-0.4, -0.2) is 10.7 Å². The van der Waals surface area contributed by atoms with Crippen molar-refractivity contribution in [3.63, 3.8) is 0 Å². The summed E-state index contributed by atoms with van der Waals surface area (Å²) in [6.45, 7) is 1.99. The van der Waals surface area contributed by atoms with Gasteiger partial charge in [0.25, 0.3) is 0 Å². The minimum atomic E-state index is -0.280. The molecular weight excluding hydrogens is 148 g/mol. The van der Waals surface area contributed by atoms with E-state index in [2.05, 4.69) is 0 Å². The molecule has 1 N–H and O–H groups in total. The molecule has 0 amide bonds. The van der Waals surface area contributed by atoms with Gasteiger partial charge in [-0.05, 0) is 31.6 Å². The molecule has 0 bridgehead atoms. The number of rotatable bonds is 2. The summed E-state index contributed by atoms with van der Waals surface area (Å²) in [4.78, 5) is 0. The van der Waals surface area contributed by atoms with Gasteiger partial charge in [-0.3, -0.25) is 0 Å². The Labute approximate surface area is 75.2 Å². The van der Waals surface area contributed by atoms with Gasteiger partial charge in [-0.15, -0.1) is 0 Å². The molecule has 0 aromatic carbocycles. The van der Waals surface area contributed by atoms with Crippen molar-refractivity contribution >= 4 is 0 Å². The van der Waals surface area contributed by atoms with E-state index in [1.54, 1.807) is 0 Å². The SMILES string of the molecule is CC1(O)CC1CC1CCCCC1. The lowest BCUT2D eigenvalue weighted by Crippen LogP contribution is -2.11. The highest BCUT2D eigenvalue weighted by atomic mass is 16.3. The van der Waals surface area contributed by atoms with Crippen LogP contribution in [0.15, 0.2) is 0 Å². The number of hydrogen-bond donors (Lipinski definition) is 1. The van der Waals surface area contributed by atoms with Crippen LogP contribution in [-0.2, 0) is 0 Å². The minimum absolute atomic E-state index is 0.280. The van der Waals surface area contributed by atoms with E-state index in [0.29, 0.717) is 5.92 Å². The van der Waals surface area contributed by atoms with Gasteiger partial charge < -0.3 is 5.11 Å². The maximum absolute atomic E-state index is 9.62. The Kier molecular flexibility index (Phi) is 2.16. The van der Waals surface area contributed by atoms with Gasteiger partial charge in [0.05, 0.1) is 5.60 Å². The highest BCUT2D eigenvalue weighted by molar-refractivity contribution is 5.00. The zero-order chi connectivity index (χ0) is 8.60. The van der Waals surface area contributed by atoms with Crippen LogP contribution >= 0.6 is 0 Å². The highest BCUT2D eigenvalue weighted by Crippen LogP contribution is 2.48. The van der Waals surface area contributed by atoms with E-state index < -0.39 is 0 Å². The normalized spacial score (nSPS) is 43.0. The van der Waals surface area contributed by atoms with Crippen LogP contribution in [0.2, 0.25) is 0 Å². The van der Waals surface area contributed by atoms with Crippen LogP contribution in [0.1, 0.15) is 51.9 Å². The maximum Gasteiger partial charge on any atom is 0.0652 e. The van der Waals surface area contributed by atoms with Crippen molar-refractivity contribution in [3.8, 4) is 0 Å². The third-order valence-corrected chi connectivity index (χ3v) is 3.72. The molecule has 12 heavy (non-hydrogen) atoms. The summed E-state index contributed by atoms with van der Waals surface area (Å²) in [6.07, 6.45) is 9.51. The number of hydrogen-bond acceptors (Lipinski definition) is 1. The fourth-order valence-electron chi connectivity index (χ4n) is 2.60. The molecule has 2 rings (SSSR count). The Morgan fingerprint density at radius 2 is 1.83 bits per heavy atom. The third kappa shape index (κ3) is 1.82. The Bertz CT molecular complexity index is 156. The topological polar surface area (TPSA) is 20.2 Å². The molecule has 2 saturated carbocycles. The van der Waals surface area contributed by atoms with Crippen molar-refractivity contribution in [1.82, 2.24) is 0 Å². The van der Waals surface area contributed by atoms with Gasteiger partial charge in [-0.25, -0.2) is 0 Å². The molecule has 0 saturated heterocycles. The summed E-state index contributed by atoms with van der Waals surface area (Å²) in [5.74, 6) is 1.58. The first-order valence-corrected chi connectivity index (χ1v) is 5.41. The summed E-state index contributed by atoms with van der Waals surface area (Å²) in [5.41, 5.74) is -0.280. The first kappa shape index (κ1) is 8.55. The van der Waals surface area contributed by atoms with Crippen molar-refractivity contribution in [1.29, 1.82) is 0 Å². The van der Waals surface area contributed by atoms with Gasteiger partial charge in [0.15, 0.2) is 0 Å². The highest BCUT2D eigenvalue weighted by Gasteiger charge is 2.48. The summed E-state index contributed by atoms with van der Waals surface area (Å²) >= 11 is 0. The van der Waals surface area contributed by atoms with Crippen molar-refractivity contribution in [2.45, 2.75) is 57.5 Å². The second kappa shape index (κ2) is 3.02. The molecule has 0 aliphatic heterocycles. The Morgan fingerprint density at radius 1 is 1.25 bits per heavy atom. The summed E-state index contributed by atoms with van der Waals surface area (Å²) in [7, 11) is 0. The monoisotopic (exact) mass is 168 g/mol. The molecule has 2 fully saturated rings. The molecule has 0 spiro atoms. The molecule has 1 nitrogen and oxygen atoms in total. The Morgan fingerprint density at radius 3 is 2.33 bits per heavy atom. The molecule has 70 valence electrons. The molecule has 2 atom stereocenters. The summed E-state index contributed by atoms with van der Waals surface area (Å²) in [5, 5.41) is 9.62. The fourth-order valence-corrected chi connectivity index (χ4v) is 2.60. The van der Waals surface area contributed by atoms with E-state index in [1.807, 2.05) is 6.92 Å². The summed E-state index contributed by atoms with van der Waals surface area (Å²) in [6, 6.07) is 0. The summed E-state index contributed by atoms with van der Waals surface area (Å²) < 4.78 is 0. The van der Waals surface area contributed by atoms with Crippen LogP contribution in [0.25, 0.3) is 0 Å². The van der Waals surface area contributed by atoms with E-state index in [9.17, 15) is 5.11 Å².